The van der Waals surface area contributed by atoms with Crippen LogP contribution in [0.5, 0.6) is 5.75 Å². The largest absolute Gasteiger partial charge is 0.495 e. The molecule has 3 N–H and O–H groups in total. The third-order valence-electron chi connectivity index (χ3n) is 4.89. The zero-order valence-corrected chi connectivity index (χ0v) is 15.9. The first kappa shape index (κ1) is 21.3. The molecule has 0 bridgehead atoms. The Kier molecular flexibility index (Phi) is 7.70. The summed E-state index contributed by atoms with van der Waals surface area (Å²) in [6.45, 7) is 4.81. The molecule has 140 valence electrons. The van der Waals surface area contributed by atoms with Crippen LogP contribution in [0.15, 0.2) is 24.3 Å². The summed E-state index contributed by atoms with van der Waals surface area (Å²) in [5, 5.41) is 2.91. The predicted molar refractivity (Wildman–Crippen MR) is 101 cm³/mol. The number of carbonyl (C=O) groups excluding carboxylic acids is 2. The van der Waals surface area contributed by atoms with Crippen molar-refractivity contribution in [3.05, 3.63) is 24.3 Å². The third-order valence-corrected chi connectivity index (χ3v) is 4.89. The molecular formula is C18H28ClN3O3. The summed E-state index contributed by atoms with van der Waals surface area (Å²) < 4.78 is 5.31. The Labute approximate surface area is 155 Å². The molecule has 6 nitrogen and oxygen atoms in total. The highest BCUT2D eigenvalue weighted by Gasteiger charge is 2.36. The van der Waals surface area contributed by atoms with Crippen LogP contribution in [0.3, 0.4) is 0 Å². The molecule has 1 aliphatic rings. The monoisotopic (exact) mass is 369 g/mol. The quantitative estimate of drug-likeness (QED) is 0.770. The topological polar surface area (TPSA) is 84.7 Å². The molecule has 1 atom stereocenters. The van der Waals surface area contributed by atoms with Crippen LogP contribution in [-0.2, 0) is 9.59 Å². The fourth-order valence-electron chi connectivity index (χ4n) is 2.88. The number of benzene rings is 1. The van der Waals surface area contributed by atoms with Crippen LogP contribution in [0.4, 0.5) is 5.69 Å². The van der Waals surface area contributed by atoms with E-state index in [4.69, 9.17) is 10.5 Å². The number of hydrogen-bond donors (Lipinski definition) is 2. The van der Waals surface area contributed by atoms with Crippen LogP contribution in [-0.4, -0.2) is 37.6 Å². The first-order valence-corrected chi connectivity index (χ1v) is 8.44. The Balaban J connectivity index is 0.00000312. The molecule has 1 aromatic rings. The molecule has 1 unspecified atom stereocenters. The summed E-state index contributed by atoms with van der Waals surface area (Å²) in [6.07, 6.45) is 1.79. The van der Waals surface area contributed by atoms with Crippen LogP contribution in [0.1, 0.15) is 33.1 Å². The highest BCUT2D eigenvalue weighted by atomic mass is 35.5. The maximum absolute atomic E-state index is 12.4. The van der Waals surface area contributed by atoms with E-state index in [9.17, 15) is 9.59 Å². The van der Waals surface area contributed by atoms with Gasteiger partial charge in [0.15, 0.2) is 0 Å². The molecule has 2 amide bonds. The summed E-state index contributed by atoms with van der Waals surface area (Å²) in [7, 11) is 1.57. The van der Waals surface area contributed by atoms with E-state index in [0.29, 0.717) is 24.5 Å². The molecule has 0 aromatic heterocycles. The van der Waals surface area contributed by atoms with Crippen molar-refractivity contribution < 1.29 is 14.3 Å². The van der Waals surface area contributed by atoms with Gasteiger partial charge in [-0.2, -0.15) is 0 Å². The number of hydrogen-bond acceptors (Lipinski definition) is 4. The van der Waals surface area contributed by atoms with Gasteiger partial charge in [0.2, 0.25) is 11.8 Å². The number of carbonyl (C=O) groups is 2. The van der Waals surface area contributed by atoms with Gasteiger partial charge in [0, 0.05) is 25.0 Å². The van der Waals surface area contributed by atoms with Crippen LogP contribution < -0.4 is 20.7 Å². The van der Waals surface area contributed by atoms with Crippen molar-refractivity contribution in [3.63, 3.8) is 0 Å². The van der Waals surface area contributed by atoms with E-state index < -0.39 is 0 Å². The smallest absolute Gasteiger partial charge is 0.227 e. The minimum absolute atomic E-state index is 0. The van der Waals surface area contributed by atoms with E-state index in [1.54, 1.807) is 18.1 Å². The molecule has 0 aliphatic carbocycles. The Hall–Kier alpha value is -1.79. The maximum atomic E-state index is 12.4. The second-order valence-corrected chi connectivity index (χ2v) is 6.36. The lowest BCUT2D eigenvalue weighted by Crippen LogP contribution is -2.50. The SMILES string of the molecule is CCC(N)(CC)CNC(=O)C1CC(=O)N(c2ccccc2OC)C1.Cl. The Bertz CT molecular complexity index is 605. The fraction of sp³-hybridized carbons (Fsp3) is 0.556. The number of methoxy groups -OCH3 is 1. The van der Waals surface area contributed by atoms with Crippen molar-refractivity contribution in [2.24, 2.45) is 11.7 Å². The molecule has 1 fully saturated rings. The molecule has 1 saturated heterocycles. The van der Waals surface area contributed by atoms with Gasteiger partial charge < -0.3 is 20.7 Å². The first-order valence-electron chi connectivity index (χ1n) is 8.44. The second kappa shape index (κ2) is 9.06. The van der Waals surface area contributed by atoms with Gasteiger partial charge >= 0.3 is 0 Å². The van der Waals surface area contributed by atoms with Crippen LogP contribution in [0.2, 0.25) is 0 Å². The second-order valence-electron chi connectivity index (χ2n) is 6.36. The molecule has 1 aliphatic heterocycles. The average Bonchev–Trinajstić information content (AvgIpc) is 3.01. The zero-order valence-electron chi connectivity index (χ0n) is 15.1. The van der Waals surface area contributed by atoms with E-state index in [0.717, 1.165) is 12.8 Å². The summed E-state index contributed by atoms with van der Waals surface area (Å²) >= 11 is 0. The lowest BCUT2D eigenvalue weighted by atomic mass is 9.94. The molecule has 7 heteroatoms. The van der Waals surface area contributed by atoms with Crippen molar-refractivity contribution in [2.45, 2.75) is 38.6 Å². The Morgan fingerprint density at radius 1 is 1.36 bits per heavy atom. The van der Waals surface area contributed by atoms with Crippen LogP contribution >= 0.6 is 12.4 Å². The van der Waals surface area contributed by atoms with Crippen molar-refractivity contribution in [2.75, 3.05) is 25.1 Å². The standard InChI is InChI=1S/C18H27N3O3.ClH/c1-4-18(19,5-2)12-20-17(23)13-10-16(22)21(11-13)14-8-6-7-9-15(14)24-3;/h6-9,13H,4-5,10-12,19H2,1-3H3,(H,20,23);1H. The maximum Gasteiger partial charge on any atom is 0.227 e. The van der Waals surface area contributed by atoms with Gasteiger partial charge in [-0.05, 0) is 25.0 Å². The summed E-state index contributed by atoms with van der Waals surface area (Å²) in [5.41, 5.74) is 6.53. The third kappa shape index (κ3) is 4.86. The highest BCUT2D eigenvalue weighted by Crippen LogP contribution is 2.32. The molecule has 1 aromatic carbocycles. The van der Waals surface area contributed by atoms with Gasteiger partial charge in [-0.15, -0.1) is 12.4 Å². The number of rotatable bonds is 7. The lowest BCUT2D eigenvalue weighted by molar-refractivity contribution is -0.126. The van der Waals surface area contributed by atoms with Gasteiger partial charge in [-0.25, -0.2) is 0 Å². The number of nitrogens with two attached hydrogens (primary N) is 1. The van der Waals surface area contributed by atoms with Gasteiger partial charge in [0.25, 0.3) is 0 Å². The molecule has 0 spiro atoms. The van der Waals surface area contributed by atoms with Crippen LogP contribution in [0.25, 0.3) is 0 Å². The lowest BCUT2D eigenvalue weighted by Gasteiger charge is -2.27. The number of para-hydroxylation sites is 2. The average molecular weight is 370 g/mol. The Morgan fingerprint density at radius 2 is 2.00 bits per heavy atom. The minimum Gasteiger partial charge on any atom is -0.495 e. The predicted octanol–water partition coefficient (Wildman–Crippen LogP) is 2.10. The van der Waals surface area contributed by atoms with Gasteiger partial charge in [-0.3, -0.25) is 9.59 Å². The molecule has 2 rings (SSSR count). The van der Waals surface area contributed by atoms with E-state index in [1.165, 1.54) is 0 Å². The van der Waals surface area contributed by atoms with Gasteiger partial charge in [0.1, 0.15) is 5.75 Å². The normalized spacial score (nSPS) is 17.2. The van der Waals surface area contributed by atoms with Crippen LogP contribution in [0, 0.1) is 5.92 Å². The number of halogens is 1. The Morgan fingerprint density at radius 3 is 2.60 bits per heavy atom. The number of nitrogens with one attached hydrogen (secondary N) is 1. The fourth-order valence-corrected chi connectivity index (χ4v) is 2.88. The zero-order chi connectivity index (χ0) is 17.7. The molecule has 0 saturated carbocycles. The summed E-state index contributed by atoms with van der Waals surface area (Å²) in [4.78, 5) is 26.4. The number of amides is 2. The number of ether oxygens (including phenoxy) is 1. The first-order chi connectivity index (χ1) is 11.4. The van der Waals surface area contributed by atoms with Gasteiger partial charge in [-0.1, -0.05) is 26.0 Å². The van der Waals surface area contributed by atoms with E-state index >= 15 is 0 Å². The minimum atomic E-state index is -0.388. The summed E-state index contributed by atoms with van der Waals surface area (Å²) in [6, 6.07) is 7.34. The van der Waals surface area contributed by atoms with Crippen molar-refractivity contribution >= 4 is 29.9 Å². The van der Waals surface area contributed by atoms with E-state index in [2.05, 4.69) is 5.32 Å². The molecule has 25 heavy (non-hydrogen) atoms. The van der Waals surface area contributed by atoms with Gasteiger partial charge in [0.05, 0.1) is 18.7 Å². The van der Waals surface area contributed by atoms with Crippen molar-refractivity contribution in [1.29, 1.82) is 0 Å². The highest BCUT2D eigenvalue weighted by molar-refractivity contribution is 6.01. The summed E-state index contributed by atoms with van der Waals surface area (Å²) in [5.74, 6) is 0.0901. The molecular weight excluding hydrogens is 342 g/mol. The van der Waals surface area contributed by atoms with Crippen molar-refractivity contribution in [3.8, 4) is 5.75 Å². The van der Waals surface area contributed by atoms with E-state index in [-0.39, 0.29) is 42.1 Å². The molecule has 0 radical (unpaired) electrons. The van der Waals surface area contributed by atoms with Crippen molar-refractivity contribution in [1.82, 2.24) is 5.32 Å². The number of anilines is 1. The molecule has 1 heterocycles. The van der Waals surface area contributed by atoms with E-state index in [1.807, 2.05) is 32.0 Å². The number of nitrogens with zero attached hydrogens (tertiary/aromatic N) is 1.